The van der Waals surface area contributed by atoms with Gasteiger partial charge in [-0.25, -0.2) is 0 Å². The van der Waals surface area contributed by atoms with Crippen molar-refractivity contribution in [2.45, 2.75) is 12.3 Å². The first-order valence-corrected chi connectivity index (χ1v) is 5.66. The molecule has 0 aliphatic heterocycles. The summed E-state index contributed by atoms with van der Waals surface area (Å²) in [6.45, 7) is 0. The molecule has 0 saturated heterocycles. The Morgan fingerprint density at radius 2 is 2.00 bits per heavy atom. The summed E-state index contributed by atoms with van der Waals surface area (Å²) < 4.78 is 4.93. The average Bonchev–Trinajstić information content (AvgIpc) is 2.69. The van der Waals surface area contributed by atoms with Crippen LogP contribution < -0.4 is 0 Å². The van der Waals surface area contributed by atoms with Gasteiger partial charge in [-0.2, -0.15) is 4.37 Å². The molecule has 0 aliphatic rings. The molecule has 1 heterocycles. The minimum atomic E-state index is -1.16. The zero-order valence-corrected chi connectivity index (χ0v) is 9.48. The molecule has 0 fully saturated rings. The lowest BCUT2D eigenvalue weighted by Crippen LogP contribution is -2.16. The SMILES string of the molecule is O=C(O)CC(C(=O)O)c1nsc2ccccc12. The van der Waals surface area contributed by atoms with Crippen molar-refractivity contribution in [2.75, 3.05) is 0 Å². The minimum Gasteiger partial charge on any atom is -0.481 e. The van der Waals surface area contributed by atoms with Crippen molar-refractivity contribution in [3.63, 3.8) is 0 Å². The first kappa shape index (κ1) is 11.5. The Balaban J connectivity index is 2.48. The third-order valence-corrected chi connectivity index (χ3v) is 3.25. The standard InChI is InChI=1S/C11H9NO4S/c13-9(14)5-7(11(15)16)10-6-3-1-2-4-8(6)17-12-10/h1-4,7H,5H2,(H,13,14)(H,15,16). The number of nitrogens with zero attached hydrogens (tertiary/aromatic N) is 1. The molecule has 1 atom stereocenters. The molecule has 2 rings (SSSR count). The molecule has 0 spiro atoms. The van der Waals surface area contributed by atoms with Crippen molar-refractivity contribution in [3.8, 4) is 0 Å². The Morgan fingerprint density at radius 1 is 1.29 bits per heavy atom. The van der Waals surface area contributed by atoms with Gasteiger partial charge < -0.3 is 10.2 Å². The minimum absolute atomic E-state index is 0.334. The molecule has 2 aromatic rings. The van der Waals surface area contributed by atoms with Crippen LogP contribution in [0.15, 0.2) is 24.3 Å². The zero-order valence-electron chi connectivity index (χ0n) is 8.66. The number of fused-ring (bicyclic) bond motifs is 1. The molecule has 0 amide bonds. The number of hydrogen-bond donors (Lipinski definition) is 2. The number of rotatable bonds is 4. The molecule has 0 saturated carbocycles. The average molecular weight is 251 g/mol. The van der Waals surface area contributed by atoms with Crippen LogP contribution in [0.25, 0.3) is 10.1 Å². The maximum absolute atomic E-state index is 11.1. The van der Waals surface area contributed by atoms with E-state index in [-0.39, 0.29) is 0 Å². The first-order chi connectivity index (χ1) is 8.09. The summed E-state index contributed by atoms with van der Waals surface area (Å²) in [5, 5.41) is 18.5. The molecule has 0 aliphatic carbocycles. The summed E-state index contributed by atoms with van der Waals surface area (Å²) in [4.78, 5) is 21.7. The van der Waals surface area contributed by atoms with E-state index in [1.165, 1.54) is 11.5 Å². The van der Waals surface area contributed by atoms with Crippen molar-refractivity contribution in [3.05, 3.63) is 30.0 Å². The van der Waals surface area contributed by atoms with Gasteiger partial charge >= 0.3 is 11.9 Å². The number of carboxylic acid groups (broad SMARTS) is 2. The third-order valence-electron chi connectivity index (χ3n) is 2.41. The fourth-order valence-electron chi connectivity index (χ4n) is 1.63. The van der Waals surface area contributed by atoms with Gasteiger partial charge in [-0.3, -0.25) is 9.59 Å². The largest absolute Gasteiger partial charge is 0.481 e. The van der Waals surface area contributed by atoms with Gasteiger partial charge in [0.2, 0.25) is 0 Å². The number of aliphatic carboxylic acids is 2. The predicted octanol–water partition coefficient (Wildman–Crippen LogP) is 1.94. The molecular weight excluding hydrogens is 242 g/mol. The lowest BCUT2D eigenvalue weighted by molar-refractivity contribution is -0.145. The molecule has 1 aromatic heterocycles. The summed E-state index contributed by atoms with van der Waals surface area (Å²) in [7, 11) is 0. The van der Waals surface area contributed by atoms with E-state index in [1.807, 2.05) is 12.1 Å². The number of hydrogen-bond acceptors (Lipinski definition) is 4. The highest BCUT2D eigenvalue weighted by atomic mass is 32.1. The van der Waals surface area contributed by atoms with Gasteiger partial charge in [0.05, 0.1) is 16.8 Å². The summed E-state index contributed by atoms with van der Waals surface area (Å²) in [5.74, 6) is -3.40. The van der Waals surface area contributed by atoms with Crippen molar-refractivity contribution in [1.29, 1.82) is 0 Å². The monoisotopic (exact) mass is 251 g/mol. The van der Waals surface area contributed by atoms with Crippen LogP contribution in [-0.2, 0) is 9.59 Å². The molecule has 1 aromatic carbocycles. The van der Waals surface area contributed by atoms with Gasteiger partial charge in [0.1, 0.15) is 5.92 Å². The smallest absolute Gasteiger partial charge is 0.313 e. The molecule has 88 valence electrons. The quantitative estimate of drug-likeness (QED) is 0.867. The van der Waals surface area contributed by atoms with E-state index in [4.69, 9.17) is 10.2 Å². The Morgan fingerprint density at radius 3 is 2.65 bits per heavy atom. The highest BCUT2D eigenvalue weighted by molar-refractivity contribution is 7.13. The van der Waals surface area contributed by atoms with Crippen LogP contribution in [0.2, 0.25) is 0 Å². The van der Waals surface area contributed by atoms with E-state index in [0.717, 1.165) is 4.70 Å². The Kier molecular flexibility index (Phi) is 3.06. The van der Waals surface area contributed by atoms with E-state index in [0.29, 0.717) is 11.1 Å². The fourth-order valence-corrected chi connectivity index (χ4v) is 2.46. The van der Waals surface area contributed by atoms with Gasteiger partial charge in [0.15, 0.2) is 0 Å². The molecule has 0 radical (unpaired) electrons. The van der Waals surface area contributed by atoms with Gasteiger partial charge in [0.25, 0.3) is 0 Å². The Hall–Kier alpha value is -1.95. The summed E-state index contributed by atoms with van der Waals surface area (Å²) in [5.41, 5.74) is 0.334. The maximum Gasteiger partial charge on any atom is 0.313 e. The lowest BCUT2D eigenvalue weighted by atomic mass is 9.99. The van der Waals surface area contributed by atoms with E-state index in [1.54, 1.807) is 12.1 Å². The fraction of sp³-hybridized carbons (Fsp3) is 0.182. The lowest BCUT2D eigenvalue weighted by Gasteiger charge is -2.06. The molecular formula is C11H9NO4S. The molecule has 2 N–H and O–H groups in total. The van der Waals surface area contributed by atoms with Gasteiger partial charge in [-0.1, -0.05) is 18.2 Å². The van der Waals surface area contributed by atoms with E-state index < -0.39 is 24.3 Å². The van der Waals surface area contributed by atoms with Gasteiger partial charge in [0, 0.05) is 5.39 Å². The highest BCUT2D eigenvalue weighted by Gasteiger charge is 2.27. The molecule has 17 heavy (non-hydrogen) atoms. The van der Waals surface area contributed by atoms with Crippen LogP contribution in [-0.4, -0.2) is 26.5 Å². The van der Waals surface area contributed by atoms with Crippen molar-refractivity contribution in [2.24, 2.45) is 0 Å². The van der Waals surface area contributed by atoms with Crippen molar-refractivity contribution < 1.29 is 19.8 Å². The van der Waals surface area contributed by atoms with E-state index in [2.05, 4.69) is 4.37 Å². The second-order valence-electron chi connectivity index (χ2n) is 3.55. The zero-order chi connectivity index (χ0) is 12.4. The van der Waals surface area contributed by atoms with Gasteiger partial charge in [-0.15, -0.1) is 0 Å². The first-order valence-electron chi connectivity index (χ1n) is 4.88. The van der Waals surface area contributed by atoms with Crippen LogP contribution >= 0.6 is 11.5 Å². The second kappa shape index (κ2) is 4.50. The van der Waals surface area contributed by atoms with Crippen LogP contribution in [0.3, 0.4) is 0 Å². The van der Waals surface area contributed by atoms with E-state index >= 15 is 0 Å². The number of benzene rings is 1. The second-order valence-corrected chi connectivity index (χ2v) is 4.36. The topological polar surface area (TPSA) is 87.5 Å². The van der Waals surface area contributed by atoms with Crippen LogP contribution in [0.1, 0.15) is 18.0 Å². The van der Waals surface area contributed by atoms with Crippen LogP contribution in [0.4, 0.5) is 0 Å². The van der Waals surface area contributed by atoms with Crippen LogP contribution in [0, 0.1) is 0 Å². The molecule has 1 unspecified atom stereocenters. The third kappa shape index (κ3) is 2.26. The molecule has 5 nitrogen and oxygen atoms in total. The number of aromatic nitrogens is 1. The predicted molar refractivity (Wildman–Crippen MR) is 62.2 cm³/mol. The van der Waals surface area contributed by atoms with Crippen molar-refractivity contribution in [1.82, 2.24) is 4.37 Å². The number of carboxylic acids is 2. The van der Waals surface area contributed by atoms with Crippen LogP contribution in [0.5, 0.6) is 0 Å². The normalized spacial score (nSPS) is 12.5. The highest BCUT2D eigenvalue weighted by Crippen LogP contribution is 2.30. The Labute approximate surface area is 100 Å². The summed E-state index contributed by atoms with van der Waals surface area (Å²) >= 11 is 1.18. The summed E-state index contributed by atoms with van der Waals surface area (Å²) in [6, 6.07) is 7.19. The van der Waals surface area contributed by atoms with E-state index in [9.17, 15) is 9.59 Å². The van der Waals surface area contributed by atoms with Crippen molar-refractivity contribution >= 4 is 33.6 Å². The summed E-state index contributed by atoms with van der Waals surface area (Å²) in [6.07, 6.45) is -0.455. The molecule has 6 heteroatoms. The Bertz CT molecular complexity index is 578. The molecule has 0 bridgehead atoms. The number of carbonyl (C=O) groups is 2. The maximum atomic E-state index is 11.1. The van der Waals surface area contributed by atoms with Gasteiger partial charge in [-0.05, 0) is 17.6 Å².